The molecule has 0 unspecified atom stereocenters. The van der Waals surface area contributed by atoms with Gasteiger partial charge in [0, 0.05) is 25.8 Å². The quantitative estimate of drug-likeness (QED) is 0.858. The standard InChI is InChI=1S/C16H26N4O2S/c1-2-6-17-15(21)20-9-4-16(22,5-10-20)13-11-18-14(23-13)12-19-7-3-8-19/h11,22H,2-10,12H2,1H3,(H,17,21). The van der Waals surface area contributed by atoms with Crippen LogP contribution < -0.4 is 5.32 Å². The van der Waals surface area contributed by atoms with Crippen LogP contribution >= 0.6 is 11.3 Å². The van der Waals surface area contributed by atoms with E-state index in [2.05, 4.69) is 15.2 Å². The van der Waals surface area contributed by atoms with Crippen LogP contribution in [-0.4, -0.2) is 58.6 Å². The number of rotatable bonds is 5. The van der Waals surface area contributed by atoms with Gasteiger partial charge in [-0.05, 0) is 38.8 Å². The predicted octanol–water partition coefficient (Wildman–Crippen LogP) is 1.75. The van der Waals surface area contributed by atoms with Crippen molar-refractivity contribution in [2.75, 3.05) is 32.7 Å². The van der Waals surface area contributed by atoms with E-state index in [-0.39, 0.29) is 6.03 Å². The van der Waals surface area contributed by atoms with E-state index in [1.165, 1.54) is 6.42 Å². The molecule has 0 bridgehead atoms. The molecule has 1 aromatic rings. The molecule has 6 nitrogen and oxygen atoms in total. The van der Waals surface area contributed by atoms with Crippen molar-refractivity contribution in [2.24, 2.45) is 0 Å². The number of amides is 2. The van der Waals surface area contributed by atoms with Gasteiger partial charge in [0.2, 0.25) is 0 Å². The SMILES string of the molecule is CCCNC(=O)N1CCC(O)(c2cnc(CN3CCC3)s2)CC1. The van der Waals surface area contributed by atoms with Gasteiger partial charge in [0.15, 0.2) is 0 Å². The second-order valence-electron chi connectivity index (χ2n) is 6.50. The number of likely N-dealkylation sites (tertiary alicyclic amines) is 2. The third kappa shape index (κ3) is 3.84. The van der Waals surface area contributed by atoms with E-state index in [4.69, 9.17) is 0 Å². The van der Waals surface area contributed by atoms with Gasteiger partial charge in [-0.1, -0.05) is 6.92 Å². The van der Waals surface area contributed by atoms with Crippen molar-refractivity contribution < 1.29 is 9.90 Å². The Morgan fingerprint density at radius 2 is 2.13 bits per heavy atom. The van der Waals surface area contributed by atoms with Gasteiger partial charge in [0.1, 0.15) is 10.6 Å². The molecule has 0 radical (unpaired) electrons. The van der Waals surface area contributed by atoms with Crippen molar-refractivity contribution in [3.05, 3.63) is 16.1 Å². The summed E-state index contributed by atoms with van der Waals surface area (Å²) in [5, 5.41) is 14.9. The number of thiazole rings is 1. The highest BCUT2D eigenvalue weighted by molar-refractivity contribution is 7.11. The highest BCUT2D eigenvalue weighted by Crippen LogP contribution is 2.36. The van der Waals surface area contributed by atoms with Gasteiger partial charge in [-0.25, -0.2) is 9.78 Å². The van der Waals surface area contributed by atoms with E-state index in [0.717, 1.165) is 35.9 Å². The maximum atomic E-state index is 12.0. The highest BCUT2D eigenvalue weighted by atomic mass is 32.1. The van der Waals surface area contributed by atoms with E-state index in [1.54, 1.807) is 16.2 Å². The van der Waals surface area contributed by atoms with Crippen LogP contribution in [-0.2, 0) is 12.1 Å². The molecule has 0 saturated carbocycles. The fourth-order valence-electron chi connectivity index (χ4n) is 3.00. The number of hydrogen-bond donors (Lipinski definition) is 2. The molecule has 3 rings (SSSR count). The lowest BCUT2D eigenvalue weighted by atomic mass is 9.90. The Morgan fingerprint density at radius 3 is 2.74 bits per heavy atom. The van der Waals surface area contributed by atoms with Crippen LogP contribution in [0.1, 0.15) is 42.5 Å². The summed E-state index contributed by atoms with van der Waals surface area (Å²) >= 11 is 1.62. The summed E-state index contributed by atoms with van der Waals surface area (Å²) in [4.78, 5) is 21.6. The molecule has 0 spiro atoms. The third-order valence-corrected chi connectivity index (χ3v) is 5.90. The predicted molar refractivity (Wildman–Crippen MR) is 90.4 cm³/mol. The zero-order valence-electron chi connectivity index (χ0n) is 13.8. The maximum absolute atomic E-state index is 12.0. The number of carbonyl (C=O) groups is 1. The molecule has 2 fully saturated rings. The zero-order chi connectivity index (χ0) is 16.3. The number of nitrogens with one attached hydrogen (secondary N) is 1. The minimum absolute atomic E-state index is 0.0170. The molecule has 3 heterocycles. The Labute approximate surface area is 141 Å². The van der Waals surface area contributed by atoms with Crippen LogP contribution in [0, 0.1) is 0 Å². The molecule has 2 N–H and O–H groups in total. The molecule has 2 aliphatic rings. The molecule has 23 heavy (non-hydrogen) atoms. The molecule has 2 amide bonds. The van der Waals surface area contributed by atoms with Crippen LogP contribution in [0.4, 0.5) is 4.79 Å². The van der Waals surface area contributed by atoms with Crippen molar-refractivity contribution in [1.29, 1.82) is 0 Å². The van der Waals surface area contributed by atoms with Gasteiger partial charge < -0.3 is 15.3 Å². The fraction of sp³-hybridized carbons (Fsp3) is 0.750. The number of nitrogens with zero attached hydrogens (tertiary/aromatic N) is 3. The molecular weight excluding hydrogens is 312 g/mol. The summed E-state index contributed by atoms with van der Waals surface area (Å²) in [6.07, 6.45) is 5.20. The van der Waals surface area contributed by atoms with Crippen molar-refractivity contribution >= 4 is 17.4 Å². The van der Waals surface area contributed by atoms with E-state index in [1.807, 2.05) is 13.1 Å². The number of hydrogen-bond acceptors (Lipinski definition) is 5. The van der Waals surface area contributed by atoms with Crippen molar-refractivity contribution in [3.63, 3.8) is 0 Å². The smallest absolute Gasteiger partial charge is 0.317 e. The first-order valence-electron chi connectivity index (χ1n) is 8.53. The molecule has 128 valence electrons. The molecule has 0 aromatic carbocycles. The minimum Gasteiger partial charge on any atom is -0.384 e. The summed E-state index contributed by atoms with van der Waals surface area (Å²) < 4.78 is 0. The Bertz CT molecular complexity index is 536. The molecular formula is C16H26N4O2S. The second kappa shape index (κ2) is 7.15. The monoisotopic (exact) mass is 338 g/mol. The largest absolute Gasteiger partial charge is 0.384 e. The Balaban J connectivity index is 1.55. The fourth-order valence-corrected chi connectivity index (χ4v) is 4.11. The Morgan fingerprint density at radius 1 is 1.39 bits per heavy atom. The topological polar surface area (TPSA) is 68.7 Å². The first-order valence-corrected chi connectivity index (χ1v) is 9.35. The van der Waals surface area contributed by atoms with Crippen LogP contribution in [0.5, 0.6) is 0 Å². The summed E-state index contributed by atoms with van der Waals surface area (Å²) in [6.45, 7) is 7.12. The number of aliphatic hydroxyl groups is 1. The lowest BCUT2D eigenvalue weighted by molar-refractivity contribution is -0.0138. The highest BCUT2D eigenvalue weighted by Gasteiger charge is 2.37. The summed E-state index contributed by atoms with van der Waals surface area (Å²) in [5.74, 6) is 0. The Kier molecular flexibility index (Phi) is 5.18. The van der Waals surface area contributed by atoms with E-state index in [9.17, 15) is 9.90 Å². The molecule has 1 aromatic heterocycles. The zero-order valence-corrected chi connectivity index (χ0v) is 14.6. The van der Waals surface area contributed by atoms with Gasteiger partial charge in [-0.2, -0.15) is 0 Å². The van der Waals surface area contributed by atoms with E-state index < -0.39 is 5.60 Å². The van der Waals surface area contributed by atoms with Gasteiger partial charge in [0.25, 0.3) is 0 Å². The maximum Gasteiger partial charge on any atom is 0.317 e. The average Bonchev–Trinajstić information content (AvgIpc) is 2.99. The first-order chi connectivity index (χ1) is 11.1. The summed E-state index contributed by atoms with van der Waals surface area (Å²) in [5.41, 5.74) is -0.827. The number of carbonyl (C=O) groups excluding carboxylic acids is 1. The number of urea groups is 1. The van der Waals surface area contributed by atoms with Gasteiger partial charge in [-0.3, -0.25) is 4.90 Å². The summed E-state index contributed by atoms with van der Waals surface area (Å²) in [6, 6.07) is -0.0170. The van der Waals surface area contributed by atoms with Crippen LogP contribution in [0.25, 0.3) is 0 Å². The second-order valence-corrected chi connectivity index (χ2v) is 7.61. The summed E-state index contributed by atoms with van der Waals surface area (Å²) in [7, 11) is 0. The molecule has 0 aliphatic carbocycles. The lowest BCUT2D eigenvalue weighted by Crippen LogP contribution is -2.48. The number of piperidine rings is 1. The van der Waals surface area contributed by atoms with Crippen molar-refractivity contribution in [1.82, 2.24) is 20.1 Å². The minimum atomic E-state index is -0.827. The van der Waals surface area contributed by atoms with Crippen molar-refractivity contribution in [2.45, 2.75) is 44.8 Å². The van der Waals surface area contributed by atoms with Gasteiger partial charge >= 0.3 is 6.03 Å². The van der Waals surface area contributed by atoms with E-state index >= 15 is 0 Å². The Hall–Kier alpha value is -1.18. The van der Waals surface area contributed by atoms with E-state index in [0.29, 0.717) is 32.5 Å². The third-order valence-electron chi connectivity index (χ3n) is 4.72. The average molecular weight is 338 g/mol. The van der Waals surface area contributed by atoms with Crippen LogP contribution in [0.3, 0.4) is 0 Å². The van der Waals surface area contributed by atoms with Crippen molar-refractivity contribution in [3.8, 4) is 0 Å². The molecule has 7 heteroatoms. The van der Waals surface area contributed by atoms with Crippen LogP contribution in [0.2, 0.25) is 0 Å². The molecule has 0 atom stereocenters. The number of aromatic nitrogens is 1. The van der Waals surface area contributed by atoms with Gasteiger partial charge in [0.05, 0.1) is 11.4 Å². The molecule has 2 saturated heterocycles. The first kappa shape index (κ1) is 16.7. The normalized spacial score (nSPS) is 21.0. The van der Waals surface area contributed by atoms with Crippen LogP contribution in [0.15, 0.2) is 6.20 Å². The molecule has 2 aliphatic heterocycles. The lowest BCUT2D eigenvalue weighted by Gasteiger charge is -2.37. The van der Waals surface area contributed by atoms with Gasteiger partial charge in [-0.15, -0.1) is 11.3 Å².